The van der Waals surface area contributed by atoms with E-state index in [0.717, 1.165) is 31.0 Å². The van der Waals surface area contributed by atoms with Gasteiger partial charge >= 0.3 is 0 Å². The number of piperidine rings is 1. The first kappa shape index (κ1) is 19.5. The lowest BCUT2D eigenvalue weighted by atomic mass is 10.0. The number of rotatable bonds is 7. The summed E-state index contributed by atoms with van der Waals surface area (Å²) >= 11 is 0. The fourth-order valence-corrected chi connectivity index (χ4v) is 4.07. The number of imidazole rings is 1. The highest BCUT2D eigenvalue weighted by Crippen LogP contribution is 2.33. The van der Waals surface area contributed by atoms with Gasteiger partial charge in [0.2, 0.25) is 0 Å². The number of hydrogen-bond donors (Lipinski definition) is 0. The van der Waals surface area contributed by atoms with Crippen molar-refractivity contribution in [3.63, 3.8) is 0 Å². The number of ether oxygens (including phenoxy) is 1. The molecule has 1 aliphatic heterocycles. The monoisotopic (exact) mass is 378 g/mol. The molecule has 0 saturated carbocycles. The van der Waals surface area contributed by atoms with Crippen molar-refractivity contribution in [3.8, 4) is 0 Å². The smallest absolute Gasteiger partial charge is 0.124 e. The van der Waals surface area contributed by atoms with Crippen LogP contribution in [0.25, 0.3) is 11.0 Å². The fourth-order valence-electron chi connectivity index (χ4n) is 3.46. The molecule has 146 valence electrons. The molecule has 0 radical (unpaired) electrons. The summed E-state index contributed by atoms with van der Waals surface area (Å²) in [7, 11) is 3.87. The Morgan fingerprint density at radius 1 is 1.19 bits per heavy atom. The summed E-state index contributed by atoms with van der Waals surface area (Å²) in [6, 6.07) is 7.33. The minimum absolute atomic E-state index is 0.500. The summed E-state index contributed by atoms with van der Waals surface area (Å²) in [6.45, 7) is 3.63. The van der Waals surface area contributed by atoms with E-state index in [1.165, 1.54) is 24.0 Å². The Balaban J connectivity index is 1.64. The molecule has 1 aromatic heterocycles. The van der Waals surface area contributed by atoms with Gasteiger partial charge in [0.1, 0.15) is 6.73 Å². The van der Waals surface area contributed by atoms with E-state index in [9.17, 15) is 0 Å². The van der Waals surface area contributed by atoms with Gasteiger partial charge in [-0.2, -0.15) is 0 Å². The Bertz CT molecular complexity index is 714. The lowest BCUT2D eigenvalue weighted by molar-refractivity contribution is 0.0923. The molecule has 6 heteroatoms. The molecule has 0 unspecified atom stereocenters. The molecule has 1 fully saturated rings. The summed E-state index contributed by atoms with van der Waals surface area (Å²) in [5.74, 6) is 1.14. The van der Waals surface area contributed by atoms with Gasteiger partial charge in [0.05, 0.1) is 24.0 Å². The van der Waals surface area contributed by atoms with E-state index in [0.29, 0.717) is 12.8 Å². The zero-order chi connectivity index (χ0) is 18.7. The predicted octanol–water partition coefficient (Wildman–Crippen LogP) is 3.23. The second kappa shape index (κ2) is 8.19. The van der Waals surface area contributed by atoms with Crippen molar-refractivity contribution in [1.82, 2.24) is 14.5 Å². The first-order chi connectivity index (χ1) is 12.3. The van der Waals surface area contributed by atoms with E-state index < -0.39 is 10.0 Å². The van der Waals surface area contributed by atoms with Crippen molar-refractivity contribution in [2.24, 2.45) is 0 Å². The minimum atomic E-state index is -0.500. The molecule has 2 aromatic rings. The number of nitrogens with zero attached hydrogens (tertiary/aromatic N) is 4. The predicted molar refractivity (Wildman–Crippen MR) is 115 cm³/mol. The van der Waals surface area contributed by atoms with Gasteiger partial charge in [-0.05, 0) is 63.9 Å². The van der Waals surface area contributed by atoms with Crippen molar-refractivity contribution in [3.05, 3.63) is 24.5 Å². The maximum Gasteiger partial charge on any atom is 0.124 e. The van der Waals surface area contributed by atoms with E-state index in [1.54, 1.807) is 0 Å². The van der Waals surface area contributed by atoms with Gasteiger partial charge in [-0.1, -0.05) is 0 Å². The van der Waals surface area contributed by atoms with Crippen molar-refractivity contribution in [2.75, 3.05) is 63.2 Å². The number of anilines is 1. The molecule has 3 rings (SSSR count). The average Bonchev–Trinajstić information content (AvgIpc) is 3.00. The van der Waals surface area contributed by atoms with Gasteiger partial charge in [-0.15, -0.1) is 0 Å². The fraction of sp³-hybridized carbons (Fsp3) is 0.650. The third-order valence-corrected chi connectivity index (χ3v) is 6.63. The summed E-state index contributed by atoms with van der Waals surface area (Å²) in [5.41, 5.74) is 3.51. The Morgan fingerprint density at radius 2 is 1.92 bits per heavy atom. The number of hydrogen-bond acceptors (Lipinski definition) is 4. The highest BCUT2D eigenvalue weighted by molar-refractivity contribution is 8.32. The molecule has 2 heterocycles. The third-order valence-electron chi connectivity index (χ3n) is 5.23. The van der Waals surface area contributed by atoms with Crippen LogP contribution in [0.3, 0.4) is 0 Å². The summed E-state index contributed by atoms with van der Waals surface area (Å²) in [5, 5.41) is 0. The third kappa shape index (κ3) is 4.93. The van der Waals surface area contributed by atoms with Gasteiger partial charge in [-0.25, -0.2) is 15.0 Å². The largest absolute Gasteiger partial charge is 0.371 e. The van der Waals surface area contributed by atoms with Crippen LogP contribution in [0.4, 0.5) is 5.69 Å². The van der Waals surface area contributed by atoms with Gasteiger partial charge < -0.3 is 19.1 Å². The maximum atomic E-state index is 5.91. The van der Waals surface area contributed by atoms with Gasteiger partial charge in [-0.3, -0.25) is 0 Å². The van der Waals surface area contributed by atoms with Crippen LogP contribution in [0.5, 0.6) is 0 Å². The van der Waals surface area contributed by atoms with Gasteiger partial charge in [0.25, 0.3) is 0 Å². The molecule has 0 spiro atoms. The van der Waals surface area contributed by atoms with Crippen LogP contribution in [0.15, 0.2) is 24.5 Å². The molecule has 5 nitrogen and oxygen atoms in total. The summed E-state index contributed by atoms with van der Waals surface area (Å²) in [6.07, 6.45) is 11.3. The van der Waals surface area contributed by atoms with Crippen LogP contribution in [0.2, 0.25) is 0 Å². The number of benzene rings is 1. The second-order valence-electron chi connectivity index (χ2n) is 8.40. The molecular formula is C20H34N4OS. The van der Waals surface area contributed by atoms with E-state index in [2.05, 4.69) is 70.4 Å². The van der Waals surface area contributed by atoms with Crippen molar-refractivity contribution < 1.29 is 4.74 Å². The molecule has 1 aliphatic rings. The first-order valence-corrected chi connectivity index (χ1v) is 12.5. The van der Waals surface area contributed by atoms with Crippen LogP contribution in [-0.2, 0) is 11.5 Å². The average molecular weight is 379 g/mol. The Labute approximate surface area is 159 Å². The molecule has 0 atom stereocenters. The topological polar surface area (TPSA) is 33.5 Å². The lowest BCUT2D eigenvalue weighted by Gasteiger charge is -2.36. The lowest BCUT2D eigenvalue weighted by Crippen LogP contribution is -2.41. The number of aromatic nitrogens is 2. The van der Waals surface area contributed by atoms with Gasteiger partial charge in [0.15, 0.2) is 0 Å². The highest BCUT2D eigenvalue weighted by Gasteiger charge is 2.21. The molecule has 0 N–H and O–H groups in total. The van der Waals surface area contributed by atoms with Crippen LogP contribution in [0.1, 0.15) is 12.8 Å². The molecule has 1 saturated heterocycles. The Kier molecular flexibility index (Phi) is 6.15. The van der Waals surface area contributed by atoms with E-state index in [-0.39, 0.29) is 0 Å². The van der Waals surface area contributed by atoms with E-state index >= 15 is 0 Å². The van der Waals surface area contributed by atoms with Gasteiger partial charge in [0, 0.05) is 30.6 Å². The molecule has 0 aliphatic carbocycles. The summed E-state index contributed by atoms with van der Waals surface area (Å²) < 4.78 is 8.04. The molecule has 0 bridgehead atoms. The zero-order valence-corrected chi connectivity index (χ0v) is 17.8. The minimum Gasteiger partial charge on any atom is -0.371 e. The zero-order valence-electron chi connectivity index (χ0n) is 16.9. The maximum absolute atomic E-state index is 5.91. The quantitative estimate of drug-likeness (QED) is 0.693. The molecule has 1 aromatic carbocycles. The second-order valence-corrected chi connectivity index (χ2v) is 13.0. The van der Waals surface area contributed by atoms with Crippen LogP contribution < -0.4 is 4.90 Å². The first-order valence-electron chi connectivity index (χ1n) is 9.43. The molecular weight excluding hydrogens is 344 g/mol. The van der Waals surface area contributed by atoms with Crippen LogP contribution >= 0.6 is 10.0 Å². The molecule has 26 heavy (non-hydrogen) atoms. The normalized spacial score (nSPS) is 17.4. The van der Waals surface area contributed by atoms with Crippen molar-refractivity contribution in [2.45, 2.75) is 25.6 Å². The Morgan fingerprint density at radius 3 is 2.58 bits per heavy atom. The highest BCUT2D eigenvalue weighted by atomic mass is 32.3. The summed E-state index contributed by atoms with van der Waals surface area (Å²) in [4.78, 5) is 9.38. The standard InChI is InChI=1S/C20H34N4OS/c1-22(2)17-8-10-23(11-9-17)18-6-7-19-20(14-18)24(15-21-19)16-25-12-13-26(3,4)5/h6-7,14-15,17H,8-13,16H2,1-5H3. The molecule has 0 amide bonds. The van der Waals surface area contributed by atoms with Crippen molar-refractivity contribution in [1.29, 1.82) is 0 Å². The van der Waals surface area contributed by atoms with Crippen LogP contribution in [-0.4, -0.2) is 78.8 Å². The van der Waals surface area contributed by atoms with E-state index in [1.807, 2.05) is 6.33 Å². The van der Waals surface area contributed by atoms with Crippen LogP contribution in [0, 0.1) is 0 Å². The van der Waals surface area contributed by atoms with E-state index in [4.69, 9.17) is 4.74 Å². The Hall–Kier alpha value is -1.24. The SMILES string of the molecule is CN(C)C1CCN(c2ccc3ncn(COCCS(C)(C)C)c3c2)CC1. The number of fused-ring (bicyclic) bond motifs is 1. The van der Waals surface area contributed by atoms with Crippen molar-refractivity contribution >= 4 is 26.7 Å².